The van der Waals surface area contributed by atoms with Gasteiger partial charge in [0, 0.05) is 19.6 Å². The van der Waals surface area contributed by atoms with Crippen molar-refractivity contribution in [2.24, 2.45) is 11.8 Å². The minimum absolute atomic E-state index is 0.138. The van der Waals surface area contributed by atoms with Crippen molar-refractivity contribution in [2.45, 2.75) is 32.6 Å². The van der Waals surface area contributed by atoms with Gasteiger partial charge in [0.05, 0.1) is 0 Å². The number of aliphatic hydroxyl groups is 1. The molecule has 1 heterocycles. The number of amides is 1. The first kappa shape index (κ1) is 13.6. The molecule has 0 bridgehead atoms. The second-order valence-corrected chi connectivity index (χ2v) is 6.10. The fraction of sp³-hybridized carbons (Fsp3) is 0.643. The van der Waals surface area contributed by atoms with E-state index >= 15 is 0 Å². The van der Waals surface area contributed by atoms with Crippen LogP contribution in [-0.4, -0.2) is 24.7 Å². The van der Waals surface area contributed by atoms with Gasteiger partial charge in [-0.25, -0.2) is 0 Å². The molecular weight excluding hydrogens is 246 g/mol. The highest BCUT2D eigenvalue weighted by molar-refractivity contribution is 7.14. The molecule has 1 aliphatic rings. The van der Waals surface area contributed by atoms with Gasteiger partial charge in [0.2, 0.25) is 5.91 Å². The lowest BCUT2D eigenvalue weighted by molar-refractivity contribution is -0.123. The lowest BCUT2D eigenvalue weighted by Crippen LogP contribution is -2.35. The number of hydrogen-bond acceptors (Lipinski definition) is 3. The first-order valence-corrected chi connectivity index (χ1v) is 7.44. The van der Waals surface area contributed by atoms with E-state index in [2.05, 4.69) is 0 Å². The number of thiophene rings is 1. The molecular formula is C14H21NO2S. The molecule has 1 aromatic heterocycles. The minimum Gasteiger partial charge on any atom is -0.396 e. The number of aliphatic hydroxyl groups excluding tert-OH is 1. The molecule has 0 spiro atoms. The van der Waals surface area contributed by atoms with E-state index < -0.39 is 0 Å². The van der Waals surface area contributed by atoms with Crippen LogP contribution >= 0.6 is 11.3 Å². The van der Waals surface area contributed by atoms with Crippen LogP contribution in [0.1, 0.15) is 31.2 Å². The molecule has 1 amide bonds. The monoisotopic (exact) mass is 267 g/mol. The van der Waals surface area contributed by atoms with Gasteiger partial charge in [-0.1, -0.05) is 0 Å². The molecule has 3 nitrogen and oxygen atoms in total. The summed E-state index contributed by atoms with van der Waals surface area (Å²) in [4.78, 5) is 14.2. The van der Waals surface area contributed by atoms with Crippen LogP contribution in [0.5, 0.6) is 0 Å². The fourth-order valence-corrected chi connectivity index (χ4v) is 3.58. The van der Waals surface area contributed by atoms with Crippen LogP contribution in [0.4, 0.5) is 5.00 Å². The van der Waals surface area contributed by atoms with Gasteiger partial charge in [-0.2, -0.15) is 0 Å². The van der Waals surface area contributed by atoms with Crippen molar-refractivity contribution in [2.75, 3.05) is 18.6 Å². The summed E-state index contributed by atoms with van der Waals surface area (Å²) < 4.78 is 0. The summed E-state index contributed by atoms with van der Waals surface area (Å²) in [5, 5.41) is 12.2. The Morgan fingerprint density at radius 2 is 2.11 bits per heavy atom. The summed E-state index contributed by atoms with van der Waals surface area (Å²) in [7, 11) is 1.87. The van der Waals surface area contributed by atoms with Gasteiger partial charge < -0.3 is 10.0 Å². The lowest BCUT2D eigenvalue weighted by atomic mass is 9.82. The Morgan fingerprint density at radius 3 is 2.61 bits per heavy atom. The molecule has 100 valence electrons. The van der Waals surface area contributed by atoms with Crippen molar-refractivity contribution in [3.8, 4) is 0 Å². The smallest absolute Gasteiger partial charge is 0.230 e. The maximum atomic E-state index is 12.4. The third kappa shape index (κ3) is 2.75. The predicted octanol–water partition coefficient (Wildman–Crippen LogP) is 2.82. The Morgan fingerprint density at radius 1 is 1.44 bits per heavy atom. The number of carbonyl (C=O) groups excluding carboxylic acids is 1. The zero-order chi connectivity index (χ0) is 13.1. The van der Waals surface area contributed by atoms with Gasteiger partial charge in [-0.05, 0) is 55.5 Å². The predicted molar refractivity (Wildman–Crippen MR) is 75.0 cm³/mol. The number of nitrogens with zero attached hydrogens (tertiary/aromatic N) is 1. The maximum Gasteiger partial charge on any atom is 0.230 e. The van der Waals surface area contributed by atoms with Gasteiger partial charge in [-0.15, -0.1) is 11.3 Å². The van der Waals surface area contributed by atoms with Gasteiger partial charge in [-0.3, -0.25) is 4.79 Å². The molecule has 18 heavy (non-hydrogen) atoms. The third-order valence-electron chi connectivity index (χ3n) is 3.92. The van der Waals surface area contributed by atoms with E-state index in [0.29, 0.717) is 5.92 Å². The average Bonchev–Trinajstić information content (AvgIpc) is 2.83. The third-order valence-corrected chi connectivity index (χ3v) is 5.02. The Kier molecular flexibility index (Phi) is 4.40. The standard InChI is InChI=1S/C14H21NO2S/c1-10-7-8-18-14(10)15(2)13(17)12-5-3-11(9-16)4-6-12/h7-8,11-12,16H,3-6,9H2,1-2H3. The summed E-state index contributed by atoms with van der Waals surface area (Å²) in [5.74, 6) is 0.777. The molecule has 0 atom stereocenters. The zero-order valence-corrected chi connectivity index (χ0v) is 11.9. The maximum absolute atomic E-state index is 12.4. The van der Waals surface area contributed by atoms with Crippen molar-refractivity contribution < 1.29 is 9.90 Å². The molecule has 0 unspecified atom stereocenters. The topological polar surface area (TPSA) is 40.5 Å². The lowest BCUT2D eigenvalue weighted by Gasteiger charge is -2.29. The van der Waals surface area contributed by atoms with Crippen LogP contribution in [-0.2, 0) is 4.79 Å². The molecule has 2 rings (SSSR count). The number of rotatable bonds is 3. The van der Waals surface area contributed by atoms with E-state index in [1.807, 2.05) is 30.3 Å². The number of anilines is 1. The van der Waals surface area contributed by atoms with Crippen LogP contribution < -0.4 is 4.90 Å². The van der Waals surface area contributed by atoms with Crippen LogP contribution in [0.25, 0.3) is 0 Å². The van der Waals surface area contributed by atoms with Crippen LogP contribution in [0.3, 0.4) is 0 Å². The normalized spacial score (nSPS) is 23.9. The van der Waals surface area contributed by atoms with Crippen LogP contribution in [0.2, 0.25) is 0 Å². The molecule has 1 N–H and O–H groups in total. The number of carbonyl (C=O) groups is 1. The zero-order valence-electron chi connectivity index (χ0n) is 11.1. The quantitative estimate of drug-likeness (QED) is 0.915. The average molecular weight is 267 g/mol. The second-order valence-electron chi connectivity index (χ2n) is 5.21. The Labute approximate surface area is 112 Å². The van der Waals surface area contributed by atoms with Crippen LogP contribution in [0, 0.1) is 18.8 Å². The fourth-order valence-electron chi connectivity index (χ4n) is 2.67. The molecule has 0 aliphatic heterocycles. The first-order chi connectivity index (χ1) is 8.63. The number of aryl methyl sites for hydroxylation is 1. The van der Waals surface area contributed by atoms with Crippen LogP contribution in [0.15, 0.2) is 11.4 Å². The molecule has 1 aromatic rings. The summed E-state index contributed by atoms with van der Waals surface area (Å²) in [5.41, 5.74) is 1.17. The Hall–Kier alpha value is -0.870. The molecule has 1 fully saturated rings. The Bertz CT molecular complexity index is 408. The summed E-state index contributed by atoms with van der Waals surface area (Å²) >= 11 is 1.62. The first-order valence-electron chi connectivity index (χ1n) is 6.56. The van der Waals surface area contributed by atoms with E-state index in [-0.39, 0.29) is 18.4 Å². The van der Waals surface area contributed by atoms with Crippen molar-refractivity contribution in [1.29, 1.82) is 0 Å². The van der Waals surface area contributed by atoms with E-state index in [9.17, 15) is 4.79 Å². The van der Waals surface area contributed by atoms with Gasteiger partial charge in [0.1, 0.15) is 5.00 Å². The number of hydrogen-bond donors (Lipinski definition) is 1. The summed E-state index contributed by atoms with van der Waals surface area (Å²) in [6, 6.07) is 2.05. The highest BCUT2D eigenvalue weighted by atomic mass is 32.1. The summed E-state index contributed by atoms with van der Waals surface area (Å²) in [6.07, 6.45) is 3.78. The molecule has 0 saturated heterocycles. The van der Waals surface area contributed by atoms with E-state index in [4.69, 9.17) is 5.11 Å². The van der Waals surface area contributed by atoms with Gasteiger partial charge in [0.25, 0.3) is 0 Å². The second kappa shape index (κ2) is 5.85. The van der Waals surface area contributed by atoms with E-state index in [1.54, 1.807) is 11.3 Å². The molecule has 0 aromatic carbocycles. The van der Waals surface area contributed by atoms with Crippen molar-refractivity contribution >= 4 is 22.2 Å². The Balaban J connectivity index is 1.98. The summed E-state index contributed by atoms with van der Waals surface area (Å²) in [6.45, 7) is 2.30. The molecule has 1 saturated carbocycles. The van der Waals surface area contributed by atoms with Gasteiger partial charge >= 0.3 is 0 Å². The van der Waals surface area contributed by atoms with E-state index in [1.165, 1.54) is 5.56 Å². The van der Waals surface area contributed by atoms with E-state index in [0.717, 1.165) is 30.7 Å². The highest BCUT2D eigenvalue weighted by Crippen LogP contribution is 2.32. The van der Waals surface area contributed by atoms with Crippen molar-refractivity contribution in [3.05, 3.63) is 17.0 Å². The SMILES string of the molecule is Cc1ccsc1N(C)C(=O)C1CCC(CO)CC1. The highest BCUT2D eigenvalue weighted by Gasteiger charge is 2.29. The largest absolute Gasteiger partial charge is 0.396 e. The minimum atomic E-state index is 0.138. The van der Waals surface area contributed by atoms with Gasteiger partial charge in [0.15, 0.2) is 0 Å². The molecule has 0 radical (unpaired) electrons. The van der Waals surface area contributed by atoms with Crippen molar-refractivity contribution in [1.82, 2.24) is 0 Å². The van der Waals surface area contributed by atoms with Crippen molar-refractivity contribution in [3.63, 3.8) is 0 Å². The molecule has 1 aliphatic carbocycles. The molecule has 4 heteroatoms.